The van der Waals surface area contributed by atoms with Crippen LogP contribution in [0.3, 0.4) is 0 Å². The molecular formula is C21H24N2O5. The highest BCUT2D eigenvalue weighted by Gasteiger charge is 2.32. The number of phenolic OH excluding ortho intramolecular Hbond substituents is 1. The van der Waals surface area contributed by atoms with Crippen LogP contribution in [0.2, 0.25) is 0 Å². The molecule has 0 saturated carbocycles. The predicted octanol–water partition coefficient (Wildman–Crippen LogP) is 1.88. The highest BCUT2D eigenvalue weighted by atomic mass is 16.6. The summed E-state index contributed by atoms with van der Waals surface area (Å²) in [4.78, 5) is 17.0. The Morgan fingerprint density at radius 3 is 2.57 bits per heavy atom. The monoisotopic (exact) mass is 384 g/mol. The number of nitrogens with zero attached hydrogens (tertiary/aromatic N) is 2. The van der Waals surface area contributed by atoms with Crippen LogP contribution < -0.4 is 14.2 Å². The Balaban J connectivity index is 1.30. The molecule has 28 heavy (non-hydrogen) atoms. The lowest BCUT2D eigenvalue weighted by molar-refractivity contribution is -0.143. The second-order valence-electron chi connectivity index (χ2n) is 7.00. The van der Waals surface area contributed by atoms with Crippen LogP contribution in [0.5, 0.6) is 23.0 Å². The smallest absolute Gasteiger partial charge is 0.267 e. The van der Waals surface area contributed by atoms with Gasteiger partial charge in [0.15, 0.2) is 11.5 Å². The van der Waals surface area contributed by atoms with E-state index < -0.39 is 6.10 Å². The molecule has 0 aromatic heterocycles. The lowest BCUT2D eigenvalue weighted by Gasteiger charge is -2.37. The molecule has 4 rings (SSSR count). The van der Waals surface area contributed by atoms with Crippen LogP contribution in [0.1, 0.15) is 5.56 Å². The molecule has 7 heteroatoms. The molecule has 148 valence electrons. The number of amides is 1. The molecule has 2 aliphatic heterocycles. The zero-order chi connectivity index (χ0) is 19.5. The number of phenols is 1. The first kappa shape index (κ1) is 18.4. The van der Waals surface area contributed by atoms with Gasteiger partial charge in [0.2, 0.25) is 6.10 Å². The molecule has 2 aliphatic rings. The number of methoxy groups -OCH3 is 1. The normalized spacial score (nSPS) is 19.3. The van der Waals surface area contributed by atoms with Crippen molar-refractivity contribution in [3.05, 3.63) is 48.0 Å². The number of fused-ring (bicyclic) bond motifs is 1. The summed E-state index contributed by atoms with van der Waals surface area (Å²) in [6.07, 6.45) is -0.678. The minimum atomic E-state index is -0.678. The van der Waals surface area contributed by atoms with Crippen LogP contribution in [-0.4, -0.2) is 66.8 Å². The average Bonchev–Trinajstić information content (AvgIpc) is 2.74. The lowest BCUT2D eigenvalue weighted by Crippen LogP contribution is -2.53. The topological polar surface area (TPSA) is 71.5 Å². The van der Waals surface area contributed by atoms with E-state index in [4.69, 9.17) is 14.2 Å². The maximum Gasteiger partial charge on any atom is 0.267 e. The third kappa shape index (κ3) is 3.99. The first-order valence-corrected chi connectivity index (χ1v) is 9.39. The van der Waals surface area contributed by atoms with Crippen LogP contribution in [0.25, 0.3) is 0 Å². The molecule has 2 aromatic carbocycles. The van der Waals surface area contributed by atoms with Gasteiger partial charge in [-0.15, -0.1) is 0 Å². The molecule has 0 radical (unpaired) electrons. The maximum absolute atomic E-state index is 12.8. The quantitative estimate of drug-likeness (QED) is 0.868. The molecule has 1 fully saturated rings. The largest absolute Gasteiger partial charge is 0.508 e. The summed E-state index contributed by atoms with van der Waals surface area (Å²) in [5.41, 5.74) is 1.22. The zero-order valence-corrected chi connectivity index (χ0v) is 15.8. The molecule has 2 heterocycles. The van der Waals surface area contributed by atoms with Crippen molar-refractivity contribution in [2.24, 2.45) is 0 Å². The van der Waals surface area contributed by atoms with Gasteiger partial charge in [-0.05, 0) is 29.8 Å². The van der Waals surface area contributed by atoms with Gasteiger partial charge < -0.3 is 24.2 Å². The van der Waals surface area contributed by atoms with Crippen LogP contribution in [-0.2, 0) is 11.3 Å². The summed E-state index contributed by atoms with van der Waals surface area (Å²) in [5, 5.41) is 9.60. The van der Waals surface area contributed by atoms with E-state index in [9.17, 15) is 9.90 Å². The fourth-order valence-electron chi connectivity index (χ4n) is 3.50. The van der Waals surface area contributed by atoms with Crippen molar-refractivity contribution in [1.29, 1.82) is 0 Å². The van der Waals surface area contributed by atoms with E-state index in [2.05, 4.69) is 17.0 Å². The number of piperazine rings is 1. The van der Waals surface area contributed by atoms with Gasteiger partial charge >= 0.3 is 0 Å². The molecule has 1 N–H and O–H groups in total. The van der Waals surface area contributed by atoms with Crippen molar-refractivity contribution in [2.45, 2.75) is 12.6 Å². The number of aromatic hydroxyl groups is 1. The zero-order valence-electron chi connectivity index (χ0n) is 15.8. The van der Waals surface area contributed by atoms with Gasteiger partial charge in [0.05, 0.1) is 7.11 Å². The van der Waals surface area contributed by atoms with Gasteiger partial charge in [0, 0.05) is 38.8 Å². The summed E-state index contributed by atoms with van der Waals surface area (Å²) in [5.74, 6) is 1.82. The minimum Gasteiger partial charge on any atom is -0.508 e. The Morgan fingerprint density at radius 2 is 1.86 bits per heavy atom. The number of rotatable bonds is 4. The second-order valence-corrected chi connectivity index (χ2v) is 7.00. The Morgan fingerprint density at radius 1 is 1.11 bits per heavy atom. The van der Waals surface area contributed by atoms with Crippen molar-refractivity contribution >= 4 is 5.91 Å². The summed E-state index contributed by atoms with van der Waals surface area (Å²) in [6, 6.07) is 12.7. The number of ether oxygens (including phenoxy) is 3. The SMILES string of the molecule is COc1ccc(CN2CCN(C(=O)C3COc4ccc(O)cc4O3)CC2)cc1. The van der Waals surface area contributed by atoms with Gasteiger partial charge in [-0.1, -0.05) is 12.1 Å². The molecule has 1 atom stereocenters. The highest BCUT2D eigenvalue weighted by Crippen LogP contribution is 2.35. The molecule has 0 bridgehead atoms. The van der Waals surface area contributed by atoms with E-state index >= 15 is 0 Å². The Kier molecular flexibility index (Phi) is 5.25. The molecule has 1 amide bonds. The average molecular weight is 384 g/mol. The standard InChI is InChI=1S/C21H24N2O5/c1-26-17-5-2-15(3-6-17)13-22-8-10-23(11-9-22)21(25)20-14-27-18-7-4-16(24)12-19(18)28-20/h2-7,12,20,24H,8-11,13-14H2,1H3. The number of carbonyl (C=O) groups excluding carboxylic acids is 1. The molecule has 1 unspecified atom stereocenters. The van der Waals surface area contributed by atoms with Crippen LogP contribution >= 0.6 is 0 Å². The minimum absolute atomic E-state index is 0.0712. The third-order valence-electron chi connectivity index (χ3n) is 5.11. The van der Waals surface area contributed by atoms with Crippen LogP contribution in [0.4, 0.5) is 0 Å². The maximum atomic E-state index is 12.8. The first-order chi connectivity index (χ1) is 13.6. The van der Waals surface area contributed by atoms with E-state index in [1.165, 1.54) is 17.7 Å². The van der Waals surface area contributed by atoms with Gasteiger partial charge in [-0.2, -0.15) is 0 Å². The number of benzene rings is 2. The van der Waals surface area contributed by atoms with Crippen molar-refractivity contribution < 1.29 is 24.1 Å². The summed E-state index contributed by atoms with van der Waals surface area (Å²) in [7, 11) is 1.66. The van der Waals surface area contributed by atoms with Crippen molar-refractivity contribution in [1.82, 2.24) is 9.80 Å². The highest BCUT2D eigenvalue weighted by molar-refractivity contribution is 5.82. The van der Waals surface area contributed by atoms with E-state index in [1.54, 1.807) is 13.2 Å². The number of carbonyl (C=O) groups is 1. The molecular weight excluding hydrogens is 360 g/mol. The number of hydrogen-bond acceptors (Lipinski definition) is 6. The van der Waals surface area contributed by atoms with Crippen LogP contribution in [0, 0.1) is 0 Å². The predicted molar refractivity (Wildman–Crippen MR) is 103 cm³/mol. The number of hydrogen-bond donors (Lipinski definition) is 1. The fraction of sp³-hybridized carbons (Fsp3) is 0.381. The summed E-state index contributed by atoms with van der Waals surface area (Å²) in [6.45, 7) is 3.96. The molecule has 1 saturated heterocycles. The van der Waals surface area contributed by atoms with Crippen molar-refractivity contribution in [2.75, 3.05) is 39.9 Å². The van der Waals surface area contributed by atoms with Gasteiger partial charge in [0.1, 0.15) is 18.1 Å². The Labute approximate surface area is 164 Å². The fourth-order valence-corrected chi connectivity index (χ4v) is 3.50. The summed E-state index contributed by atoms with van der Waals surface area (Å²) >= 11 is 0. The Hall–Kier alpha value is -2.93. The van der Waals surface area contributed by atoms with Gasteiger partial charge in [0.25, 0.3) is 5.91 Å². The van der Waals surface area contributed by atoms with Gasteiger partial charge in [-0.3, -0.25) is 9.69 Å². The lowest BCUT2D eigenvalue weighted by atomic mass is 10.1. The first-order valence-electron chi connectivity index (χ1n) is 9.39. The van der Waals surface area contributed by atoms with E-state index in [1.807, 2.05) is 17.0 Å². The van der Waals surface area contributed by atoms with Crippen molar-refractivity contribution in [3.8, 4) is 23.0 Å². The molecule has 2 aromatic rings. The molecule has 7 nitrogen and oxygen atoms in total. The van der Waals surface area contributed by atoms with Crippen molar-refractivity contribution in [3.63, 3.8) is 0 Å². The Bertz CT molecular complexity index is 831. The van der Waals surface area contributed by atoms with E-state index in [0.29, 0.717) is 24.6 Å². The van der Waals surface area contributed by atoms with E-state index in [0.717, 1.165) is 25.4 Å². The summed E-state index contributed by atoms with van der Waals surface area (Å²) < 4.78 is 16.6. The third-order valence-corrected chi connectivity index (χ3v) is 5.11. The molecule has 0 aliphatic carbocycles. The van der Waals surface area contributed by atoms with Crippen LogP contribution in [0.15, 0.2) is 42.5 Å². The second kappa shape index (κ2) is 7.98. The molecule has 0 spiro atoms. The van der Waals surface area contributed by atoms with E-state index in [-0.39, 0.29) is 18.3 Å². The van der Waals surface area contributed by atoms with Gasteiger partial charge in [-0.25, -0.2) is 0 Å².